The largest absolute Gasteiger partial charge is 0.271 e. The number of hydrazine groups is 1. The third-order valence-corrected chi connectivity index (χ3v) is 1.90. The summed E-state index contributed by atoms with van der Waals surface area (Å²) in [7, 11) is 0. The van der Waals surface area contributed by atoms with E-state index in [1.165, 1.54) is 17.1 Å². The van der Waals surface area contributed by atoms with E-state index in [0.717, 1.165) is 5.69 Å². The Morgan fingerprint density at radius 3 is 2.92 bits per heavy atom. The summed E-state index contributed by atoms with van der Waals surface area (Å²) in [5.74, 6) is 5.35. The molecule has 1 atom stereocenters. The lowest BCUT2D eigenvalue weighted by atomic mass is 10.2. The number of nitrogens with one attached hydrogen (secondary N) is 1. The Kier molecular flexibility index (Phi) is 3.33. The van der Waals surface area contributed by atoms with Crippen LogP contribution in [0, 0.1) is 0 Å². The highest BCUT2D eigenvalue weighted by Crippen LogP contribution is 2.13. The van der Waals surface area contributed by atoms with Gasteiger partial charge in [-0.2, -0.15) is 0 Å². The summed E-state index contributed by atoms with van der Waals surface area (Å²) in [6.45, 7) is 4.04. The van der Waals surface area contributed by atoms with Crippen LogP contribution in [-0.4, -0.2) is 9.59 Å². The Balaban J connectivity index is 2.77. The van der Waals surface area contributed by atoms with Crippen LogP contribution in [-0.2, 0) is 0 Å². The lowest BCUT2D eigenvalue weighted by Gasteiger charge is -2.07. The van der Waals surface area contributed by atoms with Crippen LogP contribution in [0.2, 0.25) is 0 Å². The smallest absolute Gasteiger partial charge is 0.0977 e. The maximum atomic E-state index is 5.35. The average Bonchev–Trinajstić information content (AvgIpc) is 2.51. The highest BCUT2D eigenvalue weighted by Gasteiger charge is 2.08. The SMILES string of the molecule is CC(C)=CC(NN)c1csnn1. The summed E-state index contributed by atoms with van der Waals surface area (Å²) in [6, 6.07) is -0.0197. The van der Waals surface area contributed by atoms with Gasteiger partial charge in [0.1, 0.15) is 0 Å². The third-order valence-electron chi connectivity index (χ3n) is 1.38. The van der Waals surface area contributed by atoms with Gasteiger partial charge in [0.05, 0.1) is 11.7 Å². The van der Waals surface area contributed by atoms with Crippen molar-refractivity contribution in [1.82, 2.24) is 15.0 Å². The summed E-state index contributed by atoms with van der Waals surface area (Å²) in [4.78, 5) is 0. The maximum absolute atomic E-state index is 5.35. The third kappa shape index (κ3) is 2.37. The van der Waals surface area contributed by atoms with Crippen LogP contribution in [0.1, 0.15) is 25.6 Å². The van der Waals surface area contributed by atoms with Crippen LogP contribution in [0.3, 0.4) is 0 Å². The molecular formula is C7H12N4S. The summed E-state index contributed by atoms with van der Waals surface area (Å²) < 4.78 is 3.77. The fraction of sp³-hybridized carbons (Fsp3) is 0.429. The Labute approximate surface area is 75.6 Å². The zero-order valence-electron chi connectivity index (χ0n) is 7.11. The molecule has 0 aliphatic heterocycles. The molecule has 0 saturated carbocycles. The van der Waals surface area contributed by atoms with E-state index in [1.807, 2.05) is 25.3 Å². The molecule has 1 aromatic rings. The van der Waals surface area contributed by atoms with Crippen LogP contribution < -0.4 is 11.3 Å². The Morgan fingerprint density at radius 1 is 1.75 bits per heavy atom. The Bertz CT molecular complexity index is 250. The van der Waals surface area contributed by atoms with Gasteiger partial charge in [-0.05, 0) is 25.4 Å². The monoisotopic (exact) mass is 184 g/mol. The van der Waals surface area contributed by atoms with Gasteiger partial charge in [-0.3, -0.25) is 5.84 Å². The predicted molar refractivity (Wildman–Crippen MR) is 49.4 cm³/mol. The molecule has 1 heterocycles. The fourth-order valence-corrected chi connectivity index (χ4v) is 1.35. The number of nitrogens with two attached hydrogens (primary N) is 1. The summed E-state index contributed by atoms with van der Waals surface area (Å²) in [6.07, 6.45) is 2.01. The molecule has 1 aromatic heterocycles. The van der Waals surface area contributed by atoms with Crippen LogP contribution >= 0.6 is 11.5 Å². The molecule has 0 aromatic carbocycles. The predicted octanol–water partition coefficient (Wildman–Crippen LogP) is 1.01. The molecule has 1 unspecified atom stereocenters. The van der Waals surface area contributed by atoms with Gasteiger partial charge in [0.15, 0.2) is 0 Å². The Hall–Kier alpha value is -0.780. The van der Waals surface area contributed by atoms with Crippen molar-refractivity contribution in [2.45, 2.75) is 19.9 Å². The lowest BCUT2D eigenvalue weighted by molar-refractivity contribution is 0.633. The highest BCUT2D eigenvalue weighted by atomic mass is 32.1. The van der Waals surface area contributed by atoms with Gasteiger partial charge < -0.3 is 0 Å². The number of allylic oxidation sites excluding steroid dienone is 1. The molecule has 0 spiro atoms. The molecule has 5 heteroatoms. The minimum atomic E-state index is -0.0197. The first kappa shape index (κ1) is 9.31. The average molecular weight is 184 g/mol. The van der Waals surface area contributed by atoms with E-state index in [4.69, 9.17) is 5.84 Å². The number of hydrogen-bond donors (Lipinski definition) is 2. The maximum Gasteiger partial charge on any atom is 0.0977 e. The first-order chi connectivity index (χ1) is 5.74. The van der Waals surface area contributed by atoms with E-state index in [9.17, 15) is 0 Å². The molecule has 12 heavy (non-hydrogen) atoms. The zero-order valence-corrected chi connectivity index (χ0v) is 7.93. The van der Waals surface area contributed by atoms with Crippen molar-refractivity contribution in [2.24, 2.45) is 5.84 Å². The van der Waals surface area contributed by atoms with E-state index in [2.05, 4.69) is 15.0 Å². The van der Waals surface area contributed by atoms with Gasteiger partial charge in [0.2, 0.25) is 0 Å². The first-order valence-corrected chi connectivity index (χ1v) is 4.46. The molecule has 0 saturated heterocycles. The van der Waals surface area contributed by atoms with Crippen molar-refractivity contribution in [1.29, 1.82) is 0 Å². The second-order valence-corrected chi connectivity index (χ2v) is 3.33. The van der Waals surface area contributed by atoms with Gasteiger partial charge >= 0.3 is 0 Å². The fourth-order valence-electron chi connectivity index (χ4n) is 0.860. The molecule has 0 fully saturated rings. The van der Waals surface area contributed by atoms with E-state index >= 15 is 0 Å². The minimum Gasteiger partial charge on any atom is -0.271 e. The molecule has 1 rings (SSSR count). The van der Waals surface area contributed by atoms with Gasteiger partial charge in [-0.15, -0.1) is 5.10 Å². The molecule has 66 valence electrons. The Morgan fingerprint density at radius 2 is 2.50 bits per heavy atom. The highest BCUT2D eigenvalue weighted by molar-refractivity contribution is 7.03. The first-order valence-electron chi connectivity index (χ1n) is 3.62. The molecule has 0 radical (unpaired) electrons. The van der Waals surface area contributed by atoms with Crippen molar-refractivity contribution >= 4 is 11.5 Å². The second-order valence-electron chi connectivity index (χ2n) is 2.72. The lowest BCUT2D eigenvalue weighted by Crippen LogP contribution is -2.27. The van der Waals surface area contributed by atoms with E-state index < -0.39 is 0 Å². The molecule has 0 amide bonds. The van der Waals surface area contributed by atoms with Gasteiger partial charge in [-0.1, -0.05) is 16.1 Å². The molecule has 0 aliphatic carbocycles. The summed E-state index contributed by atoms with van der Waals surface area (Å²) in [5, 5.41) is 5.80. The van der Waals surface area contributed by atoms with Crippen molar-refractivity contribution in [2.75, 3.05) is 0 Å². The normalized spacial score (nSPS) is 12.6. The van der Waals surface area contributed by atoms with Crippen molar-refractivity contribution in [3.8, 4) is 0 Å². The van der Waals surface area contributed by atoms with E-state index in [0.29, 0.717) is 0 Å². The number of nitrogens with zero attached hydrogens (tertiary/aromatic N) is 2. The standard InChI is InChI=1S/C7H12N4S/c1-5(2)3-6(9-8)7-4-12-11-10-7/h3-4,6,9H,8H2,1-2H3. The quantitative estimate of drug-likeness (QED) is 0.418. The molecule has 0 aliphatic rings. The molecule has 4 nitrogen and oxygen atoms in total. The van der Waals surface area contributed by atoms with Gasteiger partial charge in [0, 0.05) is 5.38 Å². The molecule has 0 bridgehead atoms. The minimum absolute atomic E-state index is 0.0197. The van der Waals surface area contributed by atoms with Crippen LogP contribution in [0.15, 0.2) is 17.0 Å². The van der Waals surface area contributed by atoms with E-state index in [-0.39, 0.29) is 6.04 Å². The van der Waals surface area contributed by atoms with E-state index in [1.54, 1.807) is 0 Å². The summed E-state index contributed by atoms with van der Waals surface area (Å²) >= 11 is 1.32. The van der Waals surface area contributed by atoms with Crippen LogP contribution in [0.5, 0.6) is 0 Å². The number of rotatable bonds is 3. The van der Waals surface area contributed by atoms with Crippen molar-refractivity contribution in [3.63, 3.8) is 0 Å². The number of aromatic nitrogens is 2. The van der Waals surface area contributed by atoms with Crippen molar-refractivity contribution in [3.05, 3.63) is 22.7 Å². The van der Waals surface area contributed by atoms with Gasteiger partial charge in [0.25, 0.3) is 0 Å². The molecule has 3 N–H and O–H groups in total. The van der Waals surface area contributed by atoms with Gasteiger partial charge in [-0.25, -0.2) is 5.43 Å². The molecular weight excluding hydrogens is 172 g/mol. The second kappa shape index (κ2) is 4.30. The summed E-state index contributed by atoms with van der Waals surface area (Å²) in [5.41, 5.74) is 4.73. The van der Waals surface area contributed by atoms with Crippen LogP contribution in [0.25, 0.3) is 0 Å². The topological polar surface area (TPSA) is 63.8 Å². The zero-order chi connectivity index (χ0) is 8.97. The van der Waals surface area contributed by atoms with Crippen LogP contribution in [0.4, 0.5) is 0 Å². The number of hydrogen-bond acceptors (Lipinski definition) is 5. The van der Waals surface area contributed by atoms with Crippen molar-refractivity contribution < 1.29 is 0 Å².